The molecular formula is C12H14N2S2. The second-order valence-electron chi connectivity index (χ2n) is 4.12. The Bertz CT molecular complexity index is 442. The highest BCUT2D eigenvalue weighted by molar-refractivity contribution is 8.01. The van der Waals surface area contributed by atoms with E-state index in [9.17, 15) is 0 Å². The number of thioether (sulfide) groups is 1. The summed E-state index contributed by atoms with van der Waals surface area (Å²) in [7, 11) is 0. The lowest BCUT2D eigenvalue weighted by Gasteiger charge is -2.04. The van der Waals surface area contributed by atoms with Crippen LogP contribution in [0, 0.1) is 5.92 Å². The molecule has 84 valence electrons. The lowest BCUT2D eigenvalue weighted by molar-refractivity contribution is 0.662. The second-order valence-corrected chi connectivity index (χ2v) is 6.42. The number of thiazole rings is 1. The zero-order valence-electron chi connectivity index (χ0n) is 8.98. The van der Waals surface area contributed by atoms with Crippen LogP contribution in [0.15, 0.2) is 28.6 Å². The fourth-order valence-electron chi connectivity index (χ4n) is 1.96. The Morgan fingerprint density at radius 3 is 3.19 bits per heavy atom. The number of aromatic nitrogens is 1. The van der Waals surface area contributed by atoms with Crippen LogP contribution in [0.25, 0.3) is 10.2 Å². The standard InChI is InChI=1S/C12H14N2S2/c1-2-4-11-10(3-1)14-12(16-11)15-8-9-5-6-13-7-9/h1-4,9,13H,5-8H2. The van der Waals surface area contributed by atoms with Crippen LogP contribution in [0.4, 0.5) is 0 Å². The molecule has 1 fully saturated rings. The van der Waals surface area contributed by atoms with Gasteiger partial charge in [0.25, 0.3) is 0 Å². The molecule has 1 aliphatic heterocycles. The van der Waals surface area contributed by atoms with Crippen molar-refractivity contribution < 1.29 is 0 Å². The molecule has 1 aromatic carbocycles. The van der Waals surface area contributed by atoms with Gasteiger partial charge in [-0.15, -0.1) is 11.3 Å². The molecule has 0 saturated carbocycles. The van der Waals surface area contributed by atoms with Crippen LogP contribution in [0.3, 0.4) is 0 Å². The van der Waals surface area contributed by atoms with E-state index < -0.39 is 0 Å². The molecule has 1 unspecified atom stereocenters. The fourth-order valence-corrected chi connectivity index (χ4v) is 4.19. The van der Waals surface area contributed by atoms with Gasteiger partial charge < -0.3 is 5.32 Å². The van der Waals surface area contributed by atoms with Crippen LogP contribution in [0.2, 0.25) is 0 Å². The van der Waals surface area contributed by atoms with E-state index in [-0.39, 0.29) is 0 Å². The molecule has 1 N–H and O–H groups in total. The maximum Gasteiger partial charge on any atom is 0.151 e. The summed E-state index contributed by atoms with van der Waals surface area (Å²) in [6, 6.07) is 8.37. The Morgan fingerprint density at radius 1 is 1.44 bits per heavy atom. The first-order valence-electron chi connectivity index (χ1n) is 5.61. The van der Waals surface area contributed by atoms with Crippen molar-refractivity contribution in [3.05, 3.63) is 24.3 Å². The minimum Gasteiger partial charge on any atom is -0.316 e. The van der Waals surface area contributed by atoms with E-state index >= 15 is 0 Å². The molecule has 16 heavy (non-hydrogen) atoms. The lowest BCUT2D eigenvalue weighted by Crippen LogP contribution is -2.10. The Balaban J connectivity index is 1.69. The van der Waals surface area contributed by atoms with E-state index in [0.717, 1.165) is 11.4 Å². The molecule has 1 atom stereocenters. The topological polar surface area (TPSA) is 24.9 Å². The van der Waals surface area contributed by atoms with Crippen molar-refractivity contribution in [1.82, 2.24) is 10.3 Å². The molecule has 4 heteroatoms. The second kappa shape index (κ2) is 4.73. The number of nitrogens with one attached hydrogen (secondary N) is 1. The molecular weight excluding hydrogens is 236 g/mol. The van der Waals surface area contributed by atoms with E-state index in [0.29, 0.717) is 0 Å². The van der Waals surface area contributed by atoms with Gasteiger partial charge in [0.15, 0.2) is 4.34 Å². The van der Waals surface area contributed by atoms with Gasteiger partial charge in [-0.25, -0.2) is 4.98 Å². The number of para-hydroxylation sites is 1. The van der Waals surface area contributed by atoms with Crippen LogP contribution in [0.5, 0.6) is 0 Å². The van der Waals surface area contributed by atoms with Crippen LogP contribution >= 0.6 is 23.1 Å². The van der Waals surface area contributed by atoms with Crippen molar-refractivity contribution in [2.75, 3.05) is 18.8 Å². The molecule has 0 bridgehead atoms. The first-order valence-corrected chi connectivity index (χ1v) is 7.41. The number of hydrogen-bond acceptors (Lipinski definition) is 4. The molecule has 0 radical (unpaired) electrons. The molecule has 2 nitrogen and oxygen atoms in total. The number of benzene rings is 1. The Labute approximate surface area is 103 Å². The maximum absolute atomic E-state index is 4.63. The summed E-state index contributed by atoms with van der Waals surface area (Å²) < 4.78 is 2.52. The Hall–Kier alpha value is -0.580. The third-order valence-corrected chi connectivity index (χ3v) is 5.29. The van der Waals surface area contributed by atoms with Crippen molar-refractivity contribution in [1.29, 1.82) is 0 Å². The van der Waals surface area contributed by atoms with Crippen molar-refractivity contribution in [3.8, 4) is 0 Å². The maximum atomic E-state index is 4.63. The van der Waals surface area contributed by atoms with Crippen LogP contribution < -0.4 is 5.32 Å². The average Bonchev–Trinajstić information content (AvgIpc) is 2.95. The van der Waals surface area contributed by atoms with Gasteiger partial charge in [-0.2, -0.15) is 0 Å². The van der Waals surface area contributed by atoms with E-state index in [1.54, 1.807) is 0 Å². The van der Waals surface area contributed by atoms with Crippen LogP contribution in [-0.4, -0.2) is 23.8 Å². The van der Waals surface area contributed by atoms with Crippen molar-refractivity contribution in [3.63, 3.8) is 0 Å². The number of rotatable bonds is 3. The van der Waals surface area contributed by atoms with Crippen LogP contribution in [0.1, 0.15) is 6.42 Å². The molecule has 0 aliphatic carbocycles. The van der Waals surface area contributed by atoms with E-state index in [2.05, 4.69) is 34.6 Å². The SMILES string of the molecule is c1ccc2sc(SCC3CCNC3)nc2c1. The summed E-state index contributed by atoms with van der Waals surface area (Å²) in [5.41, 5.74) is 1.14. The van der Waals surface area contributed by atoms with Gasteiger partial charge in [-0.05, 0) is 37.6 Å². The summed E-state index contributed by atoms with van der Waals surface area (Å²) in [5.74, 6) is 2.03. The summed E-state index contributed by atoms with van der Waals surface area (Å²) in [6.07, 6.45) is 1.32. The molecule has 1 aromatic heterocycles. The first kappa shape index (κ1) is 10.6. The van der Waals surface area contributed by atoms with E-state index in [1.165, 1.54) is 34.3 Å². The number of hydrogen-bond donors (Lipinski definition) is 1. The first-order chi connectivity index (χ1) is 7.92. The predicted octanol–water partition coefficient (Wildman–Crippen LogP) is 3.00. The molecule has 0 amide bonds. The van der Waals surface area contributed by atoms with Gasteiger partial charge in [0.1, 0.15) is 0 Å². The largest absolute Gasteiger partial charge is 0.316 e. The highest BCUT2D eigenvalue weighted by atomic mass is 32.2. The number of fused-ring (bicyclic) bond motifs is 1. The Morgan fingerprint density at radius 2 is 2.38 bits per heavy atom. The van der Waals surface area contributed by atoms with Crippen molar-refractivity contribution in [2.24, 2.45) is 5.92 Å². The summed E-state index contributed by atoms with van der Waals surface area (Å²) in [6.45, 7) is 2.36. The minimum atomic E-state index is 0.831. The zero-order chi connectivity index (χ0) is 10.8. The van der Waals surface area contributed by atoms with Gasteiger partial charge in [0.05, 0.1) is 10.2 Å². The smallest absolute Gasteiger partial charge is 0.151 e. The van der Waals surface area contributed by atoms with Gasteiger partial charge in [-0.3, -0.25) is 0 Å². The third kappa shape index (κ3) is 2.24. The molecule has 2 heterocycles. The third-order valence-electron chi connectivity index (χ3n) is 2.88. The molecule has 0 spiro atoms. The van der Waals surface area contributed by atoms with Crippen LogP contribution in [-0.2, 0) is 0 Å². The average molecular weight is 250 g/mol. The fraction of sp³-hybridized carbons (Fsp3) is 0.417. The quantitative estimate of drug-likeness (QED) is 0.848. The van der Waals surface area contributed by atoms with Gasteiger partial charge in [0, 0.05) is 5.75 Å². The normalized spacial score (nSPS) is 20.6. The summed E-state index contributed by atoms with van der Waals surface area (Å²) in [4.78, 5) is 4.63. The van der Waals surface area contributed by atoms with E-state index in [4.69, 9.17) is 0 Å². The molecule has 3 rings (SSSR count). The highest BCUT2D eigenvalue weighted by Crippen LogP contribution is 2.31. The molecule has 1 aliphatic rings. The lowest BCUT2D eigenvalue weighted by atomic mass is 10.2. The molecule has 2 aromatic rings. The Kier molecular flexibility index (Phi) is 3.13. The number of nitrogens with zero attached hydrogens (tertiary/aromatic N) is 1. The monoisotopic (exact) mass is 250 g/mol. The van der Waals surface area contributed by atoms with Crippen molar-refractivity contribution >= 4 is 33.3 Å². The van der Waals surface area contributed by atoms with Crippen molar-refractivity contribution in [2.45, 2.75) is 10.8 Å². The minimum absolute atomic E-state index is 0.831. The van der Waals surface area contributed by atoms with Gasteiger partial charge in [0.2, 0.25) is 0 Å². The van der Waals surface area contributed by atoms with Gasteiger partial charge >= 0.3 is 0 Å². The van der Waals surface area contributed by atoms with Gasteiger partial charge in [-0.1, -0.05) is 23.9 Å². The summed E-state index contributed by atoms with van der Waals surface area (Å²) in [5, 5.41) is 3.40. The highest BCUT2D eigenvalue weighted by Gasteiger charge is 2.15. The summed E-state index contributed by atoms with van der Waals surface area (Å²) >= 11 is 3.72. The van der Waals surface area contributed by atoms with E-state index in [1.807, 2.05) is 23.1 Å². The predicted molar refractivity (Wildman–Crippen MR) is 71.3 cm³/mol. The zero-order valence-corrected chi connectivity index (χ0v) is 10.6. The molecule has 1 saturated heterocycles.